The monoisotopic (exact) mass is 428 g/mol. The van der Waals surface area contributed by atoms with Crippen molar-refractivity contribution in [3.63, 3.8) is 0 Å². The van der Waals surface area contributed by atoms with Gasteiger partial charge >= 0.3 is 0 Å². The molecular weight excluding hydrogens is 400 g/mol. The van der Waals surface area contributed by atoms with Gasteiger partial charge in [-0.1, -0.05) is 36.4 Å². The molecule has 0 saturated heterocycles. The molecule has 5 nitrogen and oxygen atoms in total. The Balaban J connectivity index is 1.62. The Morgan fingerprint density at radius 1 is 0.875 bits per heavy atom. The molecule has 0 bridgehead atoms. The normalized spacial score (nSPS) is 17.7. The van der Waals surface area contributed by atoms with Gasteiger partial charge in [-0.3, -0.25) is 0 Å². The van der Waals surface area contributed by atoms with Crippen LogP contribution in [0.5, 0.6) is 17.2 Å². The summed E-state index contributed by atoms with van der Waals surface area (Å²) >= 11 is 0. The molecule has 3 aromatic carbocycles. The van der Waals surface area contributed by atoms with Gasteiger partial charge in [0.05, 0.1) is 26.9 Å². The summed E-state index contributed by atoms with van der Waals surface area (Å²) in [7, 11) is 3.37. The zero-order valence-corrected chi connectivity index (χ0v) is 18.6. The highest BCUT2D eigenvalue weighted by atomic mass is 16.5. The predicted molar refractivity (Wildman–Crippen MR) is 127 cm³/mol. The maximum absolute atomic E-state index is 5.84. The molecule has 5 heteroatoms. The highest BCUT2D eigenvalue weighted by Gasteiger charge is 2.32. The number of H-pyrrole nitrogens is 1. The van der Waals surface area contributed by atoms with Crippen LogP contribution >= 0.6 is 0 Å². The molecule has 1 aliphatic rings. The molecule has 4 aromatic rings. The number of aromatic amines is 1. The van der Waals surface area contributed by atoms with Crippen LogP contribution in [0.15, 0.2) is 66.7 Å². The molecule has 2 atom stereocenters. The van der Waals surface area contributed by atoms with Gasteiger partial charge in [-0.25, -0.2) is 0 Å². The molecular formula is C27H28N2O3. The number of hydrogen-bond donors (Lipinski definition) is 2. The van der Waals surface area contributed by atoms with E-state index in [0.717, 1.165) is 34.9 Å². The number of rotatable bonds is 6. The molecule has 0 spiro atoms. The first-order valence-electron chi connectivity index (χ1n) is 11.0. The Bertz CT molecular complexity index is 1230. The minimum atomic E-state index is 0.0389. The number of methoxy groups -OCH3 is 2. The molecule has 2 heterocycles. The lowest BCUT2D eigenvalue weighted by Gasteiger charge is -2.31. The second-order valence-corrected chi connectivity index (χ2v) is 8.01. The summed E-state index contributed by atoms with van der Waals surface area (Å²) in [6.07, 6.45) is 0. The summed E-state index contributed by atoms with van der Waals surface area (Å²) in [6.45, 7) is 3.41. The van der Waals surface area contributed by atoms with Crippen LogP contribution in [0.3, 0.4) is 0 Å². The number of fused-ring (bicyclic) bond motifs is 3. The second-order valence-electron chi connectivity index (χ2n) is 8.01. The minimum absolute atomic E-state index is 0.0389. The van der Waals surface area contributed by atoms with Crippen LogP contribution in [-0.4, -0.2) is 32.4 Å². The van der Waals surface area contributed by atoms with E-state index in [1.54, 1.807) is 14.2 Å². The lowest BCUT2D eigenvalue weighted by atomic mass is 9.83. The van der Waals surface area contributed by atoms with Gasteiger partial charge in [0, 0.05) is 29.1 Å². The topological polar surface area (TPSA) is 55.5 Å². The first-order chi connectivity index (χ1) is 15.7. The van der Waals surface area contributed by atoms with Gasteiger partial charge in [-0.15, -0.1) is 0 Å². The molecule has 1 aromatic heterocycles. The SMILES string of the molecule is CCOc1cc([C@H]2NC[C@H](c3ccc(OC)cc3)c3c2[nH]c2ccccc32)ccc1OC. The number of benzene rings is 3. The first kappa shape index (κ1) is 20.5. The van der Waals surface area contributed by atoms with E-state index >= 15 is 0 Å². The van der Waals surface area contributed by atoms with E-state index in [9.17, 15) is 0 Å². The lowest BCUT2D eigenvalue weighted by Crippen LogP contribution is -2.34. The van der Waals surface area contributed by atoms with Crippen LogP contribution in [0.25, 0.3) is 10.9 Å². The molecule has 0 amide bonds. The fraction of sp³-hybridized carbons (Fsp3) is 0.259. The van der Waals surface area contributed by atoms with Crippen LogP contribution in [0.1, 0.15) is 41.3 Å². The van der Waals surface area contributed by atoms with Gasteiger partial charge < -0.3 is 24.5 Å². The van der Waals surface area contributed by atoms with E-state index in [2.05, 4.69) is 58.8 Å². The van der Waals surface area contributed by atoms with Crippen LogP contribution < -0.4 is 19.5 Å². The van der Waals surface area contributed by atoms with Crippen molar-refractivity contribution in [1.82, 2.24) is 10.3 Å². The van der Waals surface area contributed by atoms with Gasteiger partial charge in [0.2, 0.25) is 0 Å². The van der Waals surface area contributed by atoms with E-state index < -0.39 is 0 Å². The first-order valence-corrected chi connectivity index (χ1v) is 11.0. The molecule has 0 saturated carbocycles. The number of para-hydroxylation sites is 1. The Hall–Kier alpha value is -3.44. The molecule has 164 valence electrons. The summed E-state index contributed by atoms with van der Waals surface area (Å²) in [4.78, 5) is 3.71. The van der Waals surface area contributed by atoms with Crippen molar-refractivity contribution in [3.8, 4) is 17.2 Å². The summed E-state index contributed by atoms with van der Waals surface area (Å²) in [6, 6.07) is 23.2. The van der Waals surface area contributed by atoms with Crippen LogP contribution in [0, 0.1) is 0 Å². The summed E-state index contributed by atoms with van der Waals surface area (Å²) in [5.74, 6) is 2.63. The fourth-order valence-electron chi connectivity index (χ4n) is 4.77. The highest BCUT2D eigenvalue weighted by molar-refractivity contribution is 5.86. The summed E-state index contributed by atoms with van der Waals surface area (Å²) in [5, 5.41) is 5.05. The molecule has 32 heavy (non-hydrogen) atoms. The molecule has 0 aliphatic carbocycles. The summed E-state index contributed by atoms with van der Waals surface area (Å²) in [5.41, 5.74) is 6.13. The molecule has 0 radical (unpaired) electrons. The number of aromatic nitrogens is 1. The third-order valence-corrected chi connectivity index (χ3v) is 6.28. The minimum Gasteiger partial charge on any atom is -0.497 e. The molecule has 1 aliphatic heterocycles. The third-order valence-electron chi connectivity index (χ3n) is 6.28. The fourth-order valence-corrected chi connectivity index (χ4v) is 4.77. The summed E-state index contributed by atoms with van der Waals surface area (Å²) < 4.78 is 16.7. The van der Waals surface area contributed by atoms with Crippen LogP contribution in [0.2, 0.25) is 0 Å². The zero-order chi connectivity index (χ0) is 22.1. The number of hydrogen-bond acceptors (Lipinski definition) is 4. The van der Waals surface area contributed by atoms with Gasteiger partial charge in [-0.05, 0) is 53.9 Å². The Labute approximate surface area is 188 Å². The second kappa shape index (κ2) is 8.60. The van der Waals surface area contributed by atoms with E-state index in [-0.39, 0.29) is 12.0 Å². The van der Waals surface area contributed by atoms with Crippen molar-refractivity contribution < 1.29 is 14.2 Å². The quantitative estimate of drug-likeness (QED) is 0.431. The van der Waals surface area contributed by atoms with E-state index in [1.807, 2.05) is 25.1 Å². The number of nitrogens with one attached hydrogen (secondary N) is 2. The Kier molecular flexibility index (Phi) is 5.50. The highest BCUT2D eigenvalue weighted by Crippen LogP contribution is 2.43. The molecule has 5 rings (SSSR count). The smallest absolute Gasteiger partial charge is 0.161 e. The van der Waals surface area contributed by atoms with E-state index in [1.165, 1.54) is 22.2 Å². The van der Waals surface area contributed by atoms with Crippen LogP contribution in [0.4, 0.5) is 0 Å². The van der Waals surface area contributed by atoms with Gasteiger partial charge in [0.15, 0.2) is 11.5 Å². The third kappa shape index (κ3) is 3.49. The van der Waals surface area contributed by atoms with Gasteiger partial charge in [0.1, 0.15) is 5.75 Å². The lowest BCUT2D eigenvalue weighted by molar-refractivity contribution is 0.310. The van der Waals surface area contributed by atoms with Crippen molar-refractivity contribution in [2.75, 3.05) is 27.4 Å². The van der Waals surface area contributed by atoms with Crippen molar-refractivity contribution in [1.29, 1.82) is 0 Å². The predicted octanol–water partition coefficient (Wildman–Crippen LogP) is 5.41. The maximum Gasteiger partial charge on any atom is 0.161 e. The molecule has 0 unspecified atom stereocenters. The molecule has 0 fully saturated rings. The average molecular weight is 429 g/mol. The van der Waals surface area contributed by atoms with Crippen molar-refractivity contribution >= 4 is 10.9 Å². The standard InChI is InChI=1S/C27H28N2O3/c1-4-32-24-15-18(11-14-23(24)31-3)26-27-25(20-7-5-6-8-22(20)29-27)21(16-28-26)17-9-12-19(30-2)13-10-17/h5-15,21,26,28-29H,4,16H2,1-3H3/t21-,26-/m1/s1. The van der Waals surface area contributed by atoms with Gasteiger partial charge in [-0.2, -0.15) is 0 Å². The Morgan fingerprint density at radius 3 is 2.41 bits per heavy atom. The Morgan fingerprint density at radius 2 is 1.66 bits per heavy atom. The van der Waals surface area contributed by atoms with Crippen molar-refractivity contribution in [2.45, 2.75) is 18.9 Å². The molecule has 2 N–H and O–H groups in total. The van der Waals surface area contributed by atoms with Crippen LogP contribution in [-0.2, 0) is 0 Å². The number of ether oxygens (including phenoxy) is 3. The van der Waals surface area contributed by atoms with Crippen molar-refractivity contribution in [3.05, 3.63) is 89.1 Å². The maximum atomic E-state index is 5.84. The van der Waals surface area contributed by atoms with E-state index in [4.69, 9.17) is 14.2 Å². The average Bonchev–Trinajstić information content (AvgIpc) is 3.23. The largest absolute Gasteiger partial charge is 0.497 e. The van der Waals surface area contributed by atoms with Crippen molar-refractivity contribution in [2.24, 2.45) is 0 Å². The van der Waals surface area contributed by atoms with Gasteiger partial charge in [0.25, 0.3) is 0 Å². The van der Waals surface area contributed by atoms with E-state index in [0.29, 0.717) is 6.61 Å². The zero-order valence-electron chi connectivity index (χ0n) is 18.6.